The summed E-state index contributed by atoms with van der Waals surface area (Å²) in [5.41, 5.74) is 1.97. The van der Waals surface area contributed by atoms with E-state index in [9.17, 15) is 9.18 Å². The molecule has 7 nitrogen and oxygen atoms in total. The van der Waals surface area contributed by atoms with Crippen LogP contribution in [0.3, 0.4) is 0 Å². The minimum atomic E-state index is -0.406. The van der Waals surface area contributed by atoms with Crippen LogP contribution in [-0.2, 0) is 11.3 Å². The van der Waals surface area contributed by atoms with Gasteiger partial charge >= 0.3 is 0 Å². The Balaban J connectivity index is 1.54. The van der Waals surface area contributed by atoms with Gasteiger partial charge in [0, 0.05) is 18.5 Å². The molecule has 8 heteroatoms. The minimum Gasteiger partial charge on any atom is -0.494 e. The van der Waals surface area contributed by atoms with Crippen molar-refractivity contribution in [3.8, 4) is 17.1 Å². The van der Waals surface area contributed by atoms with E-state index in [4.69, 9.17) is 9.26 Å². The quantitative estimate of drug-likeness (QED) is 0.726. The standard InChI is InChI=1S/C20H19FN4O3/c1-2-27-15-6-3-13(4-7-15)20-23-19(28-24-20)12-25-10-9-18(26)22-16-11-14(21)5-8-17(16)25/h3-8,11H,2,9-10,12H2,1H3,(H,22,26). The summed E-state index contributed by atoms with van der Waals surface area (Å²) in [5.74, 6) is 1.10. The van der Waals surface area contributed by atoms with Gasteiger partial charge in [-0.25, -0.2) is 4.39 Å². The lowest BCUT2D eigenvalue weighted by atomic mass is 10.2. The third-order valence-corrected chi connectivity index (χ3v) is 4.40. The Bertz CT molecular complexity index is 987. The maximum atomic E-state index is 13.6. The van der Waals surface area contributed by atoms with Gasteiger partial charge in [0.25, 0.3) is 0 Å². The number of aromatic nitrogens is 2. The van der Waals surface area contributed by atoms with Crippen molar-refractivity contribution >= 4 is 17.3 Å². The van der Waals surface area contributed by atoms with Crippen LogP contribution in [0.5, 0.6) is 5.75 Å². The van der Waals surface area contributed by atoms with Crippen LogP contribution in [0, 0.1) is 5.82 Å². The normalized spacial score (nSPS) is 13.6. The number of amides is 1. The molecule has 0 atom stereocenters. The van der Waals surface area contributed by atoms with Crippen molar-refractivity contribution in [1.82, 2.24) is 10.1 Å². The summed E-state index contributed by atoms with van der Waals surface area (Å²) in [6.45, 7) is 3.31. The first-order valence-corrected chi connectivity index (χ1v) is 9.02. The van der Waals surface area contributed by atoms with E-state index in [1.54, 1.807) is 6.07 Å². The Hall–Kier alpha value is -3.42. The molecule has 0 saturated carbocycles. The van der Waals surface area contributed by atoms with Crippen molar-refractivity contribution in [1.29, 1.82) is 0 Å². The van der Waals surface area contributed by atoms with E-state index in [1.165, 1.54) is 12.1 Å². The van der Waals surface area contributed by atoms with Gasteiger partial charge in [-0.1, -0.05) is 5.16 Å². The van der Waals surface area contributed by atoms with Crippen LogP contribution in [0.1, 0.15) is 19.2 Å². The first-order valence-electron chi connectivity index (χ1n) is 9.02. The fourth-order valence-corrected chi connectivity index (χ4v) is 3.08. The first kappa shape index (κ1) is 18.0. The molecule has 4 rings (SSSR count). The summed E-state index contributed by atoms with van der Waals surface area (Å²) in [7, 11) is 0. The van der Waals surface area contributed by atoms with E-state index in [1.807, 2.05) is 36.1 Å². The smallest absolute Gasteiger partial charge is 0.246 e. The minimum absolute atomic E-state index is 0.157. The van der Waals surface area contributed by atoms with Gasteiger partial charge in [0.1, 0.15) is 11.6 Å². The molecule has 0 aliphatic carbocycles. The molecule has 1 aliphatic heterocycles. The van der Waals surface area contributed by atoms with Gasteiger partial charge in [-0.2, -0.15) is 4.98 Å². The van der Waals surface area contributed by atoms with Crippen molar-refractivity contribution in [3.05, 3.63) is 54.2 Å². The second-order valence-corrected chi connectivity index (χ2v) is 6.35. The molecule has 0 spiro atoms. The maximum Gasteiger partial charge on any atom is 0.246 e. The van der Waals surface area contributed by atoms with Gasteiger partial charge in [-0.15, -0.1) is 0 Å². The van der Waals surface area contributed by atoms with Crippen molar-refractivity contribution in [3.63, 3.8) is 0 Å². The van der Waals surface area contributed by atoms with Crippen molar-refractivity contribution < 1.29 is 18.4 Å². The zero-order valence-electron chi connectivity index (χ0n) is 15.3. The Morgan fingerprint density at radius 3 is 2.86 bits per heavy atom. The highest BCUT2D eigenvalue weighted by atomic mass is 19.1. The van der Waals surface area contributed by atoms with Crippen LogP contribution >= 0.6 is 0 Å². The average molecular weight is 382 g/mol. The second-order valence-electron chi connectivity index (χ2n) is 6.35. The maximum absolute atomic E-state index is 13.6. The topological polar surface area (TPSA) is 80.5 Å². The molecule has 0 radical (unpaired) electrons. The number of ether oxygens (including phenoxy) is 1. The number of fused-ring (bicyclic) bond motifs is 1. The van der Waals surface area contributed by atoms with E-state index in [0.717, 1.165) is 11.3 Å². The zero-order valence-corrected chi connectivity index (χ0v) is 15.3. The molecule has 1 amide bonds. The average Bonchev–Trinajstić information content (AvgIpc) is 3.09. The summed E-state index contributed by atoms with van der Waals surface area (Å²) in [5, 5.41) is 6.77. The SMILES string of the molecule is CCOc1ccc(-c2noc(CN3CCC(=O)Nc4cc(F)ccc43)n2)cc1. The van der Waals surface area contributed by atoms with Gasteiger partial charge in [0.05, 0.1) is 24.5 Å². The van der Waals surface area contributed by atoms with Crippen LogP contribution in [0.4, 0.5) is 15.8 Å². The summed E-state index contributed by atoms with van der Waals surface area (Å²) < 4.78 is 24.4. The predicted molar refractivity (Wildman–Crippen MR) is 102 cm³/mol. The zero-order chi connectivity index (χ0) is 19.5. The molecule has 0 fully saturated rings. The summed E-state index contributed by atoms with van der Waals surface area (Å²) >= 11 is 0. The number of nitrogens with zero attached hydrogens (tertiary/aromatic N) is 3. The molecule has 28 heavy (non-hydrogen) atoms. The highest BCUT2D eigenvalue weighted by Crippen LogP contribution is 2.31. The number of benzene rings is 2. The van der Waals surface area contributed by atoms with Crippen LogP contribution in [-0.4, -0.2) is 29.2 Å². The fraction of sp³-hybridized carbons (Fsp3) is 0.250. The largest absolute Gasteiger partial charge is 0.494 e. The predicted octanol–water partition coefficient (Wildman–Crippen LogP) is 3.62. The van der Waals surface area contributed by atoms with Gasteiger partial charge in [0.2, 0.25) is 17.6 Å². The Kier molecular flexibility index (Phi) is 4.92. The molecule has 0 unspecified atom stereocenters. The number of nitrogens with one attached hydrogen (secondary N) is 1. The van der Waals surface area contributed by atoms with Crippen LogP contribution in [0.2, 0.25) is 0 Å². The second kappa shape index (κ2) is 7.67. The molecular formula is C20H19FN4O3. The van der Waals surface area contributed by atoms with Crippen molar-refractivity contribution in [2.24, 2.45) is 0 Å². The molecule has 0 bridgehead atoms. The van der Waals surface area contributed by atoms with Gasteiger partial charge in [-0.3, -0.25) is 4.79 Å². The van der Waals surface area contributed by atoms with Gasteiger partial charge < -0.3 is 19.5 Å². The number of halogens is 1. The van der Waals surface area contributed by atoms with E-state index < -0.39 is 5.82 Å². The Morgan fingerprint density at radius 1 is 1.25 bits per heavy atom. The number of rotatable bonds is 5. The first-order chi connectivity index (χ1) is 13.6. The van der Waals surface area contributed by atoms with E-state index in [-0.39, 0.29) is 12.3 Å². The number of hydrogen-bond acceptors (Lipinski definition) is 6. The van der Waals surface area contributed by atoms with Crippen LogP contribution < -0.4 is 15.0 Å². The molecule has 144 valence electrons. The molecule has 1 aliphatic rings. The van der Waals surface area contributed by atoms with E-state index in [0.29, 0.717) is 42.8 Å². The highest BCUT2D eigenvalue weighted by Gasteiger charge is 2.22. The number of anilines is 2. The Labute approximate surface area is 161 Å². The van der Waals surface area contributed by atoms with Crippen LogP contribution in [0.25, 0.3) is 11.4 Å². The number of carbonyl (C=O) groups excluding carboxylic acids is 1. The van der Waals surface area contributed by atoms with Gasteiger partial charge in [0.15, 0.2) is 0 Å². The molecule has 2 aromatic carbocycles. The molecule has 2 heterocycles. The lowest BCUT2D eigenvalue weighted by Crippen LogP contribution is -2.24. The molecule has 1 aromatic heterocycles. The lowest BCUT2D eigenvalue weighted by molar-refractivity contribution is -0.115. The summed E-state index contributed by atoms with van der Waals surface area (Å²) in [6.07, 6.45) is 0.288. The van der Waals surface area contributed by atoms with E-state index >= 15 is 0 Å². The third-order valence-electron chi connectivity index (χ3n) is 4.40. The fourth-order valence-electron chi connectivity index (χ4n) is 3.08. The third kappa shape index (κ3) is 3.80. The molecule has 0 saturated heterocycles. The van der Waals surface area contributed by atoms with Crippen molar-refractivity contribution in [2.75, 3.05) is 23.4 Å². The molecular weight excluding hydrogens is 363 g/mol. The monoisotopic (exact) mass is 382 g/mol. The Morgan fingerprint density at radius 2 is 2.07 bits per heavy atom. The number of hydrogen-bond donors (Lipinski definition) is 1. The molecule has 1 N–H and O–H groups in total. The lowest BCUT2D eigenvalue weighted by Gasteiger charge is -2.22. The van der Waals surface area contributed by atoms with E-state index in [2.05, 4.69) is 15.5 Å². The van der Waals surface area contributed by atoms with Crippen LogP contribution in [0.15, 0.2) is 47.0 Å². The van der Waals surface area contributed by atoms with Gasteiger partial charge in [-0.05, 0) is 49.4 Å². The summed E-state index contributed by atoms with van der Waals surface area (Å²) in [4.78, 5) is 18.3. The highest BCUT2D eigenvalue weighted by molar-refractivity contribution is 5.96. The molecule has 3 aromatic rings. The van der Waals surface area contributed by atoms with Crippen molar-refractivity contribution in [2.45, 2.75) is 19.9 Å². The number of carbonyl (C=O) groups is 1. The summed E-state index contributed by atoms with van der Waals surface area (Å²) in [6, 6.07) is 11.8.